The number of hydrogen-bond donors (Lipinski definition) is 0. The number of anilines is 1. The lowest BCUT2D eigenvalue weighted by Gasteiger charge is -2.36. The summed E-state index contributed by atoms with van der Waals surface area (Å²) in [5, 5.41) is 21.5. The lowest BCUT2D eigenvalue weighted by molar-refractivity contribution is -0.385. The summed E-state index contributed by atoms with van der Waals surface area (Å²) in [6.07, 6.45) is 1.23. The Morgan fingerprint density at radius 2 is 1.59 bits per heavy atom. The average Bonchev–Trinajstić information content (AvgIpc) is 2.67. The van der Waals surface area contributed by atoms with Crippen LogP contribution in [0.15, 0.2) is 36.5 Å². The van der Waals surface area contributed by atoms with Crippen LogP contribution >= 0.6 is 0 Å². The van der Waals surface area contributed by atoms with E-state index in [1.165, 1.54) is 36.5 Å². The third kappa shape index (κ3) is 3.84. The van der Waals surface area contributed by atoms with Gasteiger partial charge in [0.15, 0.2) is 0 Å². The fraction of sp³-hybridized carbons (Fsp3) is 0.294. The fourth-order valence-electron chi connectivity index (χ4n) is 3.01. The summed E-state index contributed by atoms with van der Waals surface area (Å²) < 4.78 is 0. The van der Waals surface area contributed by atoms with E-state index in [1.807, 2.05) is 4.90 Å². The number of nitro benzene ring substituents is 1. The molecule has 10 nitrogen and oxygen atoms in total. The molecule has 0 atom stereocenters. The van der Waals surface area contributed by atoms with Gasteiger partial charge in [-0.3, -0.25) is 25.0 Å². The molecular formula is C17H17N5O5. The van der Waals surface area contributed by atoms with Crippen LogP contribution < -0.4 is 4.90 Å². The largest absolute Gasteiger partial charge is 0.353 e. The molecule has 2 aromatic rings. The topological polar surface area (TPSA) is 123 Å². The Hall–Kier alpha value is -3.56. The van der Waals surface area contributed by atoms with Gasteiger partial charge >= 0.3 is 0 Å². The number of piperazine rings is 1. The van der Waals surface area contributed by atoms with E-state index in [1.54, 1.807) is 11.8 Å². The van der Waals surface area contributed by atoms with Crippen molar-refractivity contribution >= 4 is 23.1 Å². The van der Waals surface area contributed by atoms with E-state index < -0.39 is 9.85 Å². The number of rotatable bonds is 4. The third-order valence-electron chi connectivity index (χ3n) is 4.44. The summed E-state index contributed by atoms with van der Waals surface area (Å²) in [6, 6.07) is 7.02. The van der Waals surface area contributed by atoms with E-state index in [0.717, 1.165) is 0 Å². The highest BCUT2D eigenvalue weighted by Crippen LogP contribution is 2.23. The molecule has 27 heavy (non-hydrogen) atoms. The van der Waals surface area contributed by atoms with Gasteiger partial charge in [0.1, 0.15) is 12.0 Å². The molecule has 1 aromatic heterocycles. The SMILES string of the molecule is Cc1cc([N+](=O)[O-])cnc1N1CCN(C(=O)c2ccc([N+](=O)[O-])cc2)CC1. The molecule has 1 fully saturated rings. The fourth-order valence-corrected chi connectivity index (χ4v) is 3.01. The van der Waals surface area contributed by atoms with E-state index in [-0.39, 0.29) is 17.3 Å². The molecule has 1 aliphatic heterocycles. The number of carbonyl (C=O) groups is 1. The second kappa shape index (κ2) is 7.36. The van der Waals surface area contributed by atoms with Crippen LogP contribution in [0.4, 0.5) is 17.2 Å². The van der Waals surface area contributed by atoms with Gasteiger partial charge in [0.25, 0.3) is 17.3 Å². The zero-order valence-electron chi connectivity index (χ0n) is 14.6. The second-order valence-electron chi connectivity index (χ2n) is 6.17. The van der Waals surface area contributed by atoms with E-state index in [4.69, 9.17) is 0 Å². The van der Waals surface area contributed by atoms with Crippen molar-refractivity contribution < 1.29 is 14.6 Å². The number of amides is 1. The molecule has 10 heteroatoms. The molecule has 1 aliphatic rings. The van der Waals surface area contributed by atoms with Crippen LogP contribution in [0.2, 0.25) is 0 Å². The standard InChI is InChI=1S/C17H17N5O5/c1-12-10-15(22(26)27)11-18-16(12)19-6-8-20(9-7-19)17(23)13-2-4-14(5-3-13)21(24)25/h2-5,10-11H,6-9H2,1H3. The maximum absolute atomic E-state index is 12.6. The van der Waals surface area contributed by atoms with Crippen LogP contribution in [0.25, 0.3) is 0 Å². The van der Waals surface area contributed by atoms with Gasteiger partial charge in [-0.05, 0) is 24.6 Å². The molecule has 0 saturated carbocycles. The minimum atomic E-state index is -0.507. The van der Waals surface area contributed by atoms with Crippen LogP contribution in [0, 0.1) is 27.2 Å². The first kappa shape index (κ1) is 18.2. The van der Waals surface area contributed by atoms with Crippen molar-refractivity contribution in [3.8, 4) is 0 Å². The Morgan fingerprint density at radius 1 is 1.00 bits per heavy atom. The van der Waals surface area contributed by atoms with Crippen molar-refractivity contribution in [1.82, 2.24) is 9.88 Å². The van der Waals surface area contributed by atoms with Crippen molar-refractivity contribution in [2.45, 2.75) is 6.92 Å². The Kier molecular flexibility index (Phi) is 4.97. The van der Waals surface area contributed by atoms with Crippen LogP contribution in [0.3, 0.4) is 0 Å². The molecule has 0 aliphatic carbocycles. The average molecular weight is 371 g/mol. The maximum Gasteiger partial charge on any atom is 0.287 e. The van der Waals surface area contributed by atoms with Crippen LogP contribution in [0.1, 0.15) is 15.9 Å². The minimum absolute atomic E-state index is 0.0526. The van der Waals surface area contributed by atoms with E-state index >= 15 is 0 Å². The first-order valence-corrected chi connectivity index (χ1v) is 8.26. The van der Waals surface area contributed by atoms with Gasteiger partial charge < -0.3 is 9.80 Å². The monoisotopic (exact) mass is 371 g/mol. The van der Waals surface area contributed by atoms with E-state index in [0.29, 0.717) is 43.1 Å². The Morgan fingerprint density at radius 3 is 2.11 bits per heavy atom. The Bertz CT molecular complexity index is 891. The van der Waals surface area contributed by atoms with Gasteiger partial charge in [0.05, 0.1) is 9.85 Å². The summed E-state index contributed by atoms with van der Waals surface area (Å²) in [4.78, 5) is 41.0. The number of hydrogen-bond acceptors (Lipinski definition) is 7. The molecule has 2 heterocycles. The highest BCUT2D eigenvalue weighted by molar-refractivity contribution is 5.94. The van der Waals surface area contributed by atoms with Gasteiger partial charge in [-0.15, -0.1) is 0 Å². The summed E-state index contributed by atoms with van der Waals surface area (Å²) in [5.41, 5.74) is 0.998. The number of aryl methyl sites for hydroxylation is 1. The van der Waals surface area contributed by atoms with Crippen LogP contribution in [-0.2, 0) is 0 Å². The maximum atomic E-state index is 12.6. The smallest absolute Gasteiger partial charge is 0.287 e. The molecule has 0 unspecified atom stereocenters. The molecular weight excluding hydrogens is 354 g/mol. The molecule has 1 saturated heterocycles. The van der Waals surface area contributed by atoms with Crippen molar-refractivity contribution in [3.63, 3.8) is 0 Å². The van der Waals surface area contributed by atoms with Gasteiger partial charge in [-0.2, -0.15) is 0 Å². The number of aromatic nitrogens is 1. The summed E-state index contributed by atoms with van der Waals surface area (Å²) in [6.45, 7) is 3.79. The van der Waals surface area contributed by atoms with Crippen molar-refractivity contribution in [3.05, 3.63) is 67.9 Å². The van der Waals surface area contributed by atoms with Crippen LogP contribution in [0.5, 0.6) is 0 Å². The van der Waals surface area contributed by atoms with Crippen molar-refractivity contribution in [2.24, 2.45) is 0 Å². The van der Waals surface area contributed by atoms with Gasteiger partial charge in [-0.25, -0.2) is 4.98 Å². The lowest BCUT2D eigenvalue weighted by Crippen LogP contribution is -2.49. The van der Waals surface area contributed by atoms with Crippen molar-refractivity contribution in [2.75, 3.05) is 31.1 Å². The first-order valence-electron chi connectivity index (χ1n) is 8.26. The number of carbonyl (C=O) groups excluding carboxylic acids is 1. The van der Waals surface area contributed by atoms with Gasteiger partial charge in [-0.1, -0.05) is 0 Å². The molecule has 0 N–H and O–H groups in total. The molecule has 1 aromatic carbocycles. The molecule has 0 radical (unpaired) electrons. The molecule has 0 spiro atoms. The Balaban J connectivity index is 1.65. The third-order valence-corrected chi connectivity index (χ3v) is 4.44. The highest BCUT2D eigenvalue weighted by Gasteiger charge is 2.24. The Labute approximate surface area is 154 Å². The van der Waals surface area contributed by atoms with Gasteiger partial charge in [0, 0.05) is 49.9 Å². The lowest BCUT2D eigenvalue weighted by atomic mass is 10.1. The highest BCUT2D eigenvalue weighted by atomic mass is 16.6. The van der Waals surface area contributed by atoms with Crippen LogP contribution in [-0.4, -0.2) is 51.8 Å². The van der Waals surface area contributed by atoms with Crippen molar-refractivity contribution in [1.29, 1.82) is 0 Å². The number of nitrogens with zero attached hydrogens (tertiary/aromatic N) is 5. The minimum Gasteiger partial charge on any atom is -0.353 e. The molecule has 0 bridgehead atoms. The van der Waals surface area contributed by atoms with Gasteiger partial charge in [0.2, 0.25) is 0 Å². The quantitative estimate of drug-likeness (QED) is 0.596. The second-order valence-corrected chi connectivity index (χ2v) is 6.17. The van der Waals surface area contributed by atoms with E-state index in [2.05, 4.69) is 4.98 Å². The predicted octanol–water partition coefficient (Wildman–Crippen LogP) is 2.17. The summed E-state index contributed by atoms with van der Waals surface area (Å²) in [7, 11) is 0. The molecule has 3 rings (SSSR count). The summed E-state index contributed by atoms with van der Waals surface area (Å²) in [5.74, 6) is 0.487. The molecule has 140 valence electrons. The number of nitro groups is 2. The normalized spacial score (nSPS) is 14.1. The summed E-state index contributed by atoms with van der Waals surface area (Å²) >= 11 is 0. The number of non-ortho nitro benzene ring substituents is 1. The zero-order valence-corrected chi connectivity index (χ0v) is 14.6. The zero-order chi connectivity index (χ0) is 19.6. The van der Waals surface area contributed by atoms with E-state index in [9.17, 15) is 25.0 Å². The first-order chi connectivity index (χ1) is 12.9. The number of benzene rings is 1. The number of pyridine rings is 1. The molecule has 1 amide bonds. The predicted molar refractivity (Wildman–Crippen MR) is 96.8 cm³/mol.